The lowest BCUT2D eigenvalue weighted by atomic mass is 9.88. The molecular weight excluding hydrogens is 138 g/mol. The van der Waals surface area contributed by atoms with Gasteiger partial charge in [-0.05, 0) is 18.8 Å². The molecule has 2 nitrogen and oxygen atoms in total. The summed E-state index contributed by atoms with van der Waals surface area (Å²) >= 11 is 0. The molecule has 0 spiro atoms. The molecule has 2 heteroatoms. The van der Waals surface area contributed by atoms with E-state index in [1.54, 1.807) is 0 Å². The number of Topliss-reactive ketones (excluding diaryl/α,β-unsaturated/α-hetero) is 1. The van der Waals surface area contributed by atoms with E-state index >= 15 is 0 Å². The van der Waals surface area contributed by atoms with Crippen LogP contribution in [0.5, 0.6) is 0 Å². The van der Waals surface area contributed by atoms with Gasteiger partial charge in [-0.2, -0.15) is 0 Å². The van der Waals surface area contributed by atoms with Gasteiger partial charge in [-0.15, -0.1) is 6.42 Å². The number of ketones is 1. The molecule has 0 bridgehead atoms. The SMILES string of the molecule is C#CC(=O)C1CC=CC(N)C1. The maximum atomic E-state index is 11.0. The molecule has 0 fully saturated rings. The molecule has 0 heterocycles. The Hall–Kier alpha value is -1.07. The fourth-order valence-electron chi connectivity index (χ4n) is 1.25. The minimum Gasteiger partial charge on any atom is -0.324 e. The van der Waals surface area contributed by atoms with Gasteiger partial charge < -0.3 is 5.73 Å². The summed E-state index contributed by atoms with van der Waals surface area (Å²) in [5, 5.41) is 0. The molecular formula is C9H11NO. The van der Waals surface area contributed by atoms with Crippen molar-refractivity contribution in [1.82, 2.24) is 0 Å². The third-order valence-corrected chi connectivity index (χ3v) is 1.87. The Morgan fingerprint density at radius 3 is 3.00 bits per heavy atom. The monoisotopic (exact) mass is 149 g/mol. The first kappa shape index (κ1) is 8.03. The van der Waals surface area contributed by atoms with Crippen molar-refractivity contribution in [1.29, 1.82) is 0 Å². The van der Waals surface area contributed by atoms with Gasteiger partial charge in [0.15, 0.2) is 0 Å². The first-order valence-electron chi connectivity index (χ1n) is 3.66. The summed E-state index contributed by atoms with van der Waals surface area (Å²) in [5.41, 5.74) is 5.61. The molecule has 0 saturated carbocycles. The van der Waals surface area contributed by atoms with Gasteiger partial charge in [0.2, 0.25) is 5.78 Å². The summed E-state index contributed by atoms with van der Waals surface area (Å²) in [6.45, 7) is 0. The van der Waals surface area contributed by atoms with Crippen LogP contribution in [0.15, 0.2) is 12.2 Å². The van der Waals surface area contributed by atoms with Crippen molar-refractivity contribution in [2.24, 2.45) is 11.7 Å². The van der Waals surface area contributed by atoms with E-state index in [-0.39, 0.29) is 17.7 Å². The predicted octanol–water partition coefficient (Wildman–Crippen LogP) is 0.482. The van der Waals surface area contributed by atoms with Gasteiger partial charge in [-0.1, -0.05) is 12.2 Å². The molecule has 11 heavy (non-hydrogen) atoms. The molecule has 0 saturated heterocycles. The molecule has 1 aliphatic carbocycles. The molecule has 0 amide bonds. The van der Waals surface area contributed by atoms with Gasteiger partial charge in [0, 0.05) is 12.0 Å². The van der Waals surface area contributed by atoms with Crippen LogP contribution in [0.4, 0.5) is 0 Å². The molecule has 0 aromatic rings. The summed E-state index contributed by atoms with van der Waals surface area (Å²) in [7, 11) is 0. The van der Waals surface area contributed by atoms with E-state index in [2.05, 4.69) is 5.92 Å². The van der Waals surface area contributed by atoms with Crippen molar-refractivity contribution >= 4 is 5.78 Å². The van der Waals surface area contributed by atoms with E-state index in [1.165, 1.54) is 0 Å². The van der Waals surface area contributed by atoms with Crippen molar-refractivity contribution in [3.63, 3.8) is 0 Å². The van der Waals surface area contributed by atoms with E-state index in [0.717, 1.165) is 6.42 Å². The largest absolute Gasteiger partial charge is 0.324 e. The molecule has 58 valence electrons. The van der Waals surface area contributed by atoms with Gasteiger partial charge in [-0.25, -0.2) is 0 Å². The molecule has 1 rings (SSSR count). The first-order valence-corrected chi connectivity index (χ1v) is 3.66. The van der Waals surface area contributed by atoms with Gasteiger partial charge in [0.1, 0.15) is 0 Å². The quantitative estimate of drug-likeness (QED) is 0.335. The number of rotatable bonds is 1. The highest BCUT2D eigenvalue weighted by Crippen LogP contribution is 2.17. The summed E-state index contributed by atoms with van der Waals surface area (Å²) in [6, 6.07) is 0.00560. The highest BCUT2D eigenvalue weighted by atomic mass is 16.1. The van der Waals surface area contributed by atoms with Crippen molar-refractivity contribution < 1.29 is 4.79 Å². The highest BCUT2D eigenvalue weighted by molar-refractivity contribution is 5.96. The van der Waals surface area contributed by atoms with Crippen molar-refractivity contribution in [3.05, 3.63) is 12.2 Å². The highest BCUT2D eigenvalue weighted by Gasteiger charge is 2.20. The average Bonchev–Trinajstić information content (AvgIpc) is 2.03. The standard InChI is InChI=1S/C9H11NO/c1-2-9(11)7-4-3-5-8(10)6-7/h1,3,5,7-8H,4,6,10H2. The number of hydrogen-bond acceptors (Lipinski definition) is 2. The molecule has 2 atom stereocenters. The molecule has 0 radical (unpaired) electrons. The zero-order valence-corrected chi connectivity index (χ0v) is 6.29. The topological polar surface area (TPSA) is 43.1 Å². The normalized spacial score (nSPS) is 29.5. The maximum absolute atomic E-state index is 11.0. The lowest BCUT2D eigenvalue weighted by molar-refractivity contribution is -0.117. The summed E-state index contributed by atoms with van der Waals surface area (Å²) in [6.07, 6.45) is 10.3. The molecule has 0 aliphatic heterocycles. The zero-order chi connectivity index (χ0) is 8.27. The van der Waals surface area contributed by atoms with E-state index < -0.39 is 0 Å². The van der Waals surface area contributed by atoms with Crippen molar-refractivity contribution in [2.75, 3.05) is 0 Å². The molecule has 0 aromatic carbocycles. The van der Waals surface area contributed by atoms with Crippen LogP contribution >= 0.6 is 0 Å². The number of carbonyl (C=O) groups excluding carboxylic acids is 1. The van der Waals surface area contributed by atoms with Gasteiger partial charge in [-0.3, -0.25) is 4.79 Å². The van der Waals surface area contributed by atoms with E-state index in [1.807, 2.05) is 12.2 Å². The van der Waals surface area contributed by atoms with Crippen LogP contribution < -0.4 is 5.73 Å². The lowest BCUT2D eigenvalue weighted by Gasteiger charge is -2.18. The number of terminal acetylenes is 1. The van der Waals surface area contributed by atoms with Crippen molar-refractivity contribution in [3.8, 4) is 12.3 Å². The van der Waals surface area contributed by atoms with Crippen LogP contribution in [0.3, 0.4) is 0 Å². The number of carbonyl (C=O) groups is 1. The van der Waals surface area contributed by atoms with E-state index in [0.29, 0.717) is 6.42 Å². The van der Waals surface area contributed by atoms with E-state index in [4.69, 9.17) is 12.2 Å². The van der Waals surface area contributed by atoms with Crippen LogP contribution in [0.2, 0.25) is 0 Å². The fraction of sp³-hybridized carbons (Fsp3) is 0.444. The Balaban J connectivity index is 2.58. The third-order valence-electron chi connectivity index (χ3n) is 1.87. The smallest absolute Gasteiger partial charge is 0.208 e. The Labute approximate surface area is 66.5 Å². The number of allylic oxidation sites excluding steroid dienone is 1. The van der Waals surface area contributed by atoms with Gasteiger partial charge in [0.25, 0.3) is 0 Å². The summed E-state index contributed by atoms with van der Waals surface area (Å²) in [5.74, 6) is 1.96. The van der Waals surface area contributed by atoms with Crippen molar-refractivity contribution in [2.45, 2.75) is 18.9 Å². The predicted molar refractivity (Wildman–Crippen MR) is 43.7 cm³/mol. The Kier molecular flexibility index (Phi) is 2.45. The van der Waals surface area contributed by atoms with Crippen LogP contribution in [0.25, 0.3) is 0 Å². The molecule has 0 aromatic heterocycles. The second-order valence-corrected chi connectivity index (χ2v) is 2.77. The lowest BCUT2D eigenvalue weighted by Crippen LogP contribution is -2.27. The summed E-state index contributed by atoms with van der Waals surface area (Å²) in [4.78, 5) is 11.0. The maximum Gasteiger partial charge on any atom is 0.208 e. The number of nitrogens with two attached hydrogens (primary N) is 1. The fourth-order valence-corrected chi connectivity index (χ4v) is 1.25. The molecule has 1 aliphatic rings. The third kappa shape index (κ3) is 1.92. The van der Waals surface area contributed by atoms with E-state index in [9.17, 15) is 4.79 Å². The minimum absolute atomic E-state index is 0.00560. The average molecular weight is 149 g/mol. The van der Waals surface area contributed by atoms with Crippen LogP contribution in [0.1, 0.15) is 12.8 Å². The van der Waals surface area contributed by atoms with Crippen LogP contribution in [-0.2, 0) is 4.79 Å². The first-order chi connectivity index (χ1) is 5.24. The second-order valence-electron chi connectivity index (χ2n) is 2.77. The van der Waals surface area contributed by atoms with Crippen LogP contribution in [0, 0.1) is 18.3 Å². The Morgan fingerprint density at radius 1 is 1.73 bits per heavy atom. The molecule has 2 N–H and O–H groups in total. The van der Waals surface area contributed by atoms with Gasteiger partial charge in [0.05, 0.1) is 0 Å². The molecule has 2 unspecified atom stereocenters. The van der Waals surface area contributed by atoms with Crippen LogP contribution in [-0.4, -0.2) is 11.8 Å². The zero-order valence-electron chi connectivity index (χ0n) is 6.29. The minimum atomic E-state index is -0.121. The van der Waals surface area contributed by atoms with Gasteiger partial charge >= 0.3 is 0 Å². The second kappa shape index (κ2) is 3.36. The Morgan fingerprint density at radius 2 is 2.45 bits per heavy atom. The summed E-state index contributed by atoms with van der Waals surface area (Å²) < 4.78 is 0. The Bertz CT molecular complexity index is 224. The number of hydrogen-bond donors (Lipinski definition) is 1.